The molecule has 0 radical (unpaired) electrons. The number of hydrogen-bond donors (Lipinski definition) is 3. The van der Waals surface area contributed by atoms with Crippen LogP contribution in [0.2, 0.25) is 0 Å². The fourth-order valence-electron chi connectivity index (χ4n) is 2.05. The van der Waals surface area contributed by atoms with Crippen LogP contribution in [0.1, 0.15) is 26.2 Å². The summed E-state index contributed by atoms with van der Waals surface area (Å²) < 4.78 is 5.28. The van der Waals surface area contributed by atoms with Gasteiger partial charge in [0.15, 0.2) is 0 Å². The Labute approximate surface area is 107 Å². The van der Waals surface area contributed by atoms with Crippen molar-refractivity contribution in [1.29, 1.82) is 0 Å². The van der Waals surface area contributed by atoms with Gasteiger partial charge in [-0.2, -0.15) is 0 Å². The summed E-state index contributed by atoms with van der Waals surface area (Å²) in [4.78, 5) is 22.5. The van der Waals surface area contributed by atoms with Crippen molar-refractivity contribution >= 4 is 11.9 Å². The topological polar surface area (TPSA) is 87.7 Å². The van der Waals surface area contributed by atoms with Crippen LogP contribution in [0.3, 0.4) is 0 Å². The van der Waals surface area contributed by atoms with Crippen molar-refractivity contribution in [2.24, 2.45) is 5.92 Å². The van der Waals surface area contributed by atoms with Gasteiger partial charge in [0.2, 0.25) is 5.91 Å². The SMILES string of the molecule is CCOC(CNC(=O)[C@H]1CCCNC1)CC(=O)O. The van der Waals surface area contributed by atoms with Crippen molar-refractivity contribution in [2.45, 2.75) is 32.3 Å². The van der Waals surface area contributed by atoms with Gasteiger partial charge in [-0.3, -0.25) is 9.59 Å². The number of ether oxygens (including phenoxy) is 1. The molecule has 18 heavy (non-hydrogen) atoms. The number of hydrogen-bond acceptors (Lipinski definition) is 4. The molecule has 1 rings (SSSR count). The van der Waals surface area contributed by atoms with Crippen molar-refractivity contribution in [3.63, 3.8) is 0 Å². The number of nitrogens with one attached hydrogen (secondary N) is 2. The van der Waals surface area contributed by atoms with Gasteiger partial charge in [-0.1, -0.05) is 0 Å². The number of piperidine rings is 1. The van der Waals surface area contributed by atoms with E-state index in [1.54, 1.807) is 0 Å². The van der Waals surface area contributed by atoms with Gasteiger partial charge in [-0.05, 0) is 26.3 Å². The van der Waals surface area contributed by atoms with Gasteiger partial charge >= 0.3 is 5.97 Å². The lowest BCUT2D eigenvalue weighted by Crippen LogP contribution is -2.43. The molecule has 1 aliphatic rings. The first kappa shape index (κ1) is 14.9. The van der Waals surface area contributed by atoms with Gasteiger partial charge in [-0.25, -0.2) is 0 Å². The summed E-state index contributed by atoms with van der Waals surface area (Å²) >= 11 is 0. The summed E-state index contributed by atoms with van der Waals surface area (Å²) in [6, 6.07) is 0. The molecule has 104 valence electrons. The minimum atomic E-state index is -0.915. The number of carboxylic acids is 1. The van der Waals surface area contributed by atoms with Gasteiger partial charge in [0.1, 0.15) is 0 Å². The molecule has 1 saturated heterocycles. The van der Waals surface area contributed by atoms with Gasteiger partial charge in [0.05, 0.1) is 18.4 Å². The van der Waals surface area contributed by atoms with Crippen LogP contribution < -0.4 is 10.6 Å². The molecular weight excluding hydrogens is 236 g/mol. The molecule has 1 unspecified atom stereocenters. The lowest BCUT2D eigenvalue weighted by atomic mass is 9.99. The van der Waals surface area contributed by atoms with Crippen LogP contribution in [-0.2, 0) is 14.3 Å². The Kier molecular flexibility index (Phi) is 6.67. The molecule has 6 heteroatoms. The molecule has 0 spiro atoms. The average Bonchev–Trinajstić information content (AvgIpc) is 2.36. The third-order valence-electron chi connectivity index (χ3n) is 2.98. The lowest BCUT2D eigenvalue weighted by Gasteiger charge is -2.23. The zero-order chi connectivity index (χ0) is 13.4. The third kappa shape index (κ3) is 5.46. The molecule has 0 aliphatic carbocycles. The van der Waals surface area contributed by atoms with Crippen LogP contribution in [0.15, 0.2) is 0 Å². The lowest BCUT2D eigenvalue weighted by molar-refractivity contribution is -0.140. The Morgan fingerprint density at radius 3 is 2.89 bits per heavy atom. The van der Waals surface area contributed by atoms with Crippen molar-refractivity contribution in [1.82, 2.24) is 10.6 Å². The van der Waals surface area contributed by atoms with E-state index in [4.69, 9.17) is 9.84 Å². The van der Waals surface area contributed by atoms with E-state index in [-0.39, 0.29) is 24.8 Å². The second-order valence-electron chi connectivity index (χ2n) is 4.46. The first-order valence-corrected chi connectivity index (χ1v) is 6.45. The summed E-state index contributed by atoms with van der Waals surface area (Å²) in [5.41, 5.74) is 0. The summed E-state index contributed by atoms with van der Waals surface area (Å²) in [5.74, 6) is -0.940. The van der Waals surface area contributed by atoms with E-state index in [2.05, 4.69) is 10.6 Å². The fourth-order valence-corrected chi connectivity index (χ4v) is 2.05. The van der Waals surface area contributed by atoms with Crippen molar-refractivity contribution in [2.75, 3.05) is 26.2 Å². The molecule has 0 saturated carbocycles. The first-order valence-electron chi connectivity index (χ1n) is 6.45. The Balaban J connectivity index is 2.31. The molecule has 0 aromatic carbocycles. The van der Waals surface area contributed by atoms with Gasteiger partial charge in [0.25, 0.3) is 0 Å². The van der Waals surface area contributed by atoms with Crippen molar-refractivity contribution < 1.29 is 19.4 Å². The molecule has 3 N–H and O–H groups in total. The quantitative estimate of drug-likeness (QED) is 0.597. The van der Waals surface area contributed by atoms with Crippen LogP contribution in [0.25, 0.3) is 0 Å². The number of rotatable bonds is 7. The van der Waals surface area contributed by atoms with Gasteiger partial charge in [0, 0.05) is 19.7 Å². The molecule has 0 aromatic rings. The van der Waals surface area contributed by atoms with E-state index < -0.39 is 12.1 Å². The highest BCUT2D eigenvalue weighted by Gasteiger charge is 2.22. The highest BCUT2D eigenvalue weighted by atomic mass is 16.5. The summed E-state index contributed by atoms with van der Waals surface area (Å²) in [6.07, 6.45) is 1.35. The Morgan fingerprint density at radius 2 is 2.33 bits per heavy atom. The molecule has 2 atom stereocenters. The second kappa shape index (κ2) is 8.05. The maximum Gasteiger partial charge on any atom is 0.306 e. The Hall–Kier alpha value is -1.14. The van der Waals surface area contributed by atoms with Gasteiger partial charge < -0.3 is 20.5 Å². The Bertz CT molecular complexity index is 277. The minimum absolute atomic E-state index is 0.00847. The first-order chi connectivity index (χ1) is 8.63. The molecule has 1 fully saturated rings. The highest BCUT2D eigenvalue weighted by Crippen LogP contribution is 2.09. The van der Waals surface area contributed by atoms with E-state index in [1.807, 2.05) is 6.92 Å². The molecule has 1 heterocycles. The standard InChI is InChI=1S/C12H22N2O4/c1-2-18-10(6-11(15)16)8-14-12(17)9-4-3-5-13-7-9/h9-10,13H,2-8H2,1H3,(H,14,17)(H,15,16)/t9-,10?/m0/s1. The third-order valence-corrected chi connectivity index (χ3v) is 2.98. The Morgan fingerprint density at radius 1 is 1.56 bits per heavy atom. The normalized spacial score (nSPS) is 21.3. The fraction of sp³-hybridized carbons (Fsp3) is 0.833. The molecular formula is C12H22N2O4. The van der Waals surface area contributed by atoms with E-state index in [1.165, 1.54) is 0 Å². The predicted octanol–water partition coefficient (Wildman–Crippen LogP) is -0.0180. The van der Waals surface area contributed by atoms with E-state index >= 15 is 0 Å². The highest BCUT2D eigenvalue weighted by molar-refractivity contribution is 5.79. The van der Waals surface area contributed by atoms with Crippen LogP contribution >= 0.6 is 0 Å². The minimum Gasteiger partial charge on any atom is -0.481 e. The molecule has 1 aliphatic heterocycles. The molecule has 0 bridgehead atoms. The van der Waals surface area contributed by atoms with Crippen LogP contribution in [0.5, 0.6) is 0 Å². The zero-order valence-electron chi connectivity index (χ0n) is 10.8. The second-order valence-corrected chi connectivity index (χ2v) is 4.46. The molecule has 0 aromatic heterocycles. The zero-order valence-corrected chi connectivity index (χ0v) is 10.8. The molecule has 6 nitrogen and oxygen atoms in total. The maximum atomic E-state index is 11.8. The average molecular weight is 258 g/mol. The van der Waals surface area contributed by atoms with Crippen molar-refractivity contribution in [3.05, 3.63) is 0 Å². The number of amides is 1. The summed E-state index contributed by atoms with van der Waals surface area (Å²) in [7, 11) is 0. The van der Waals surface area contributed by atoms with Crippen molar-refractivity contribution in [3.8, 4) is 0 Å². The summed E-state index contributed by atoms with van der Waals surface area (Å²) in [5, 5.41) is 14.7. The maximum absolute atomic E-state index is 11.8. The number of carbonyl (C=O) groups excluding carboxylic acids is 1. The largest absolute Gasteiger partial charge is 0.481 e. The van der Waals surface area contributed by atoms with E-state index in [0.717, 1.165) is 19.4 Å². The summed E-state index contributed by atoms with van der Waals surface area (Å²) in [6.45, 7) is 4.17. The van der Waals surface area contributed by atoms with Crippen LogP contribution in [0, 0.1) is 5.92 Å². The smallest absolute Gasteiger partial charge is 0.306 e. The molecule has 1 amide bonds. The number of carboxylic acid groups (broad SMARTS) is 1. The van der Waals surface area contributed by atoms with E-state index in [9.17, 15) is 9.59 Å². The van der Waals surface area contributed by atoms with Crippen LogP contribution in [0.4, 0.5) is 0 Å². The van der Waals surface area contributed by atoms with Gasteiger partial charge in [-0.15, -0.1) is 0 Å². The monoisotopic (exact) mass is 258 g/mol. The van der Waals surface area contributed by atoms with E-state index in [0.29, 0.717) is 13.2 Å². The number of aliphatic carboxylic acids is 1. The van der Waals surface area contributed by atoms with Crippen LogP contribution in [-0.4, -0.2) is 49.3 Å². The predicted molar refractivity (Wildman–Crippen MR) is 66.3 cm³/mol. The number of carbonyl (C=O) groups is 2.